The zero-order valence-corrected chi connectivity index (χ0v) is 14.0. The topological polar surface area (TPSA) is 50.3 Å². The fourth-order valence-electron chi connectivity index (χ4n) is 2.43. The Kier molecular flexibility index (Phi) is 6.33. The molecule has 116 valence electrons. The number of nitrogens with two attached hydrogens (primary N) is 1. The summed E-state index contributed by atoms with van der Waals surface area (Å²) in [6, 6.07) is 0. The van der Waals surface area contributed by atoms with Gasteiger partial charge in [0.05, 0.1) is 11.4 Å². The third-order valence-electron chi connectivity index (χ3n) is 3.32. The van der Waals surface area contributed by atoms with E-state index in [1.807, 2.05) is 11.7 Å². The van der Waals surface area contributed by atoms with Gasteiger partial charge in [0.2, 0.25) is 0 Å². The van der Waals surface area contributed by atoms with Crippen molar-refractivity contribution in [3.8, 4) is 0 Å². The smallest absolute Gasteiger partial charge is 0.150 e. The van der Waals surface area contributed by atoms with Gasteiger partial charge in [0.15, 0.2) is 0 Å². The molecular formula is C15H31N5. The molecule has 0 aliphatic rings. The zero-order chi connectivity index (χ0) is 15.3. The van der Waals surface area contributed by atoms with E-state index in [-0.39, 0.29) is 0 Å². The van der Waals surface area contributed by atoms with E-state index in [9.17, 15) is 0 Å². The maximum atomic E-state index is 6.33. The molecule has 1 rings (SSSR count). The molecule has 0 aromatic carbocycles. The van der Waals surface area contributed by atoms with Crippen LogP contribution < -0.4 is 10.6 Å². The number of rotatable bonds is 8. The van der Waals surface area contributed by atoms with Crippen LogP contribution in [-0.2, 0) is 13.5 Å². The van der Waals surface area contributed by atoms with Gasteiger partial charge in [0.1, 0.15) is 5.82 Å². The van der Waals surface area contributed by atoms with Crippen molar-refractivity contribution >= 4 is 11.5 Å². The molecule has 5 heteroatoms. The summed E-state index contributed by atoms with van der Waals surface area (Å²) < 4.78 is 1.94. The number of hydrogen-bond donors (Lipinski definition) is 1. The summed E-state index contributed by atoms with van der Waals surface area (Å²) in [4.78, 5) is 4.57. The molecule has 0 aliphatic heterocycles. The van der Waals surface area contributed by atoms with E-state index in [0.29, 0.717) is 5.92 Å². The third-order valence-corrected chi connectivity index (χ3v) is 3.32. The Hall–Kier alpha value is -1.23. The van der Waals surface area contributed by atoms with Crippen LogP contribution in [0.1, 0.15) is 32.9 Å². The first-order chi connectivity index (χ1) is 9.36. The summed E-state index contributed by atoms with van der Waals surface area (Å²) in [5.41, 5.74) is 8.22. The standard InChI is InChI=1S/C15H31N5/c1-7-8-13-14(16)15(19(6)17-13)20(11-12(2)3)10-9-18(4)5/h12H,7-11,16H2,1-6H3. The van der Waals surface area contributed by atoms with Crippen molar-refractivity contribution in [2.75, 3.05) is 44.4 Å². The quantitative estimate of drug-likeness (QED) is 0.791. The van der Waals surface area contributed by atoms with Crippen molar-refractivity contribution in [1.82, 2.24) is 14.7 Å². The van der Waals surface area contributed by atoms with Gasteiger partial charge in [-0.25, -0.2) is 0 Å². The molecule has 0 spiro atoms. The lowest BCUT2D eigenvalue weighted by Crippen LogP contribution is -2.36. The number of aryl methyl sites for hydroxylation is 2. The van der Waals surface area contributed by atoms with Crippen molar-refractivity contribution < 1.29 is 0 Å². The van der Waals surface area contributed by atoms with Crippen LogP contribution in [0.2, 0.25) is 0 Å². The van der Waals surface area contributed by atoms with Crippen LogP contribution in [0.15, 0.2) is 0 Å². The maximum absolute atomic E-state index is 6.33. The Bertz CT molecular complexity index is 409. The molecule has 0 saturated heterocycles. The van der Waals surface area contributed by atoms with Gasteiger partial charge in [0.25, 0.3) is 0 Å². The second-order valence-corrected chi connectivity index (χ2v) is 6.20. The van der Waals surface area contributed by atoms with Crippen LogP contribution in [0.25, 0.3) is 0 Å². The number of aromatic nitrogens is 2. The highest BCUT2D eigenvalue weighted by Crippen LogP contribution is 2.27. The number of hydrogen-bond acceptors (Lipinski definition) is 4. The molecule has 1 aromatic rings. The van der Waals surface area contributed by atoms with Crippen LogP contribution >= 0.6 is 0 Å². The van der Waals surface area contributed by atoms with Gasteiger partial charge in [-0.3, -0.25) is 4.68 Å². The molecule has 1 heterocycles. The minimum absolute atomic E-state index is 0.598. The van der Waals surface area contributed by atoms with Gasteiger partial charge in [0, 0.05) is 26.7 Å². The predicted molar refractivity (Wildman–Crippen MR) is 87.2 cm³/mol. The Morgan fingerprint density at radius 1 is 1.25 bits per heavy atom. The van der Waals surface area contributed by atoms with Crippen molar-refractivity contribution in [2.45, 2.75) is 33.6 Å². The number of nitrogen functional groups attached to an aromatic ring is 1. The maximum Gasteiger partial charge on any atom is 0.150 e. The second kappa shape index (κ2) is 7.53. The molecule has 0 fully saturated rings. The summed E-state index contributed by atoms with van der Waals surface area (Å²) >= 11 is 0. The summed E-state index contributed by atoms with van der Waals surface area (Å²) in [6.45, 7) is 9.63. The van der Waals surface area contributed by atoms with E-state index in [2.05, 4.69) is 49.8 Å². The monoisotopic (exact) mass is 281 g/mol. The van der Waals surface area contributed by atoms with E-state index >= 15 is 0 Å². The second-order valence-electron chi connectivity index (χ2n) is 6.20. The summed E-state index contributed by atoms with van der Waals surface area (Å²) in [7, 11) is 6.19. The predicted octanol–water partition coefficient (Wildman–Crippen LogP) is 1.98. The molecule has 0 amide bonds. The highest BCUT2D eigenvalue weighted by molar-refractivity contribution is 5.66. The molecule has 0 unspecified atom stereocenters. The molecule has 5 nitrogen and oxygen atoms in total. The minimum atomic E-state index is 0.598. The number of nitrogens with zero attached hydrogens (tertiary/aromatic N) is 4. The van der Waals surface area contributed by atoms with Crippen LogP contribution in [-0.4, -0.2) is 48.4 Å². The van der Waals surface area contributed by atoms with E-state index < -0.39 is 0 Å². The molecule has 2 N–H and O–H groups in total. The van der Waals surface area contributed by atoms with Gasteiger partial charge < -0.3 is 15.5 Å². The lowest BCUT2D eigenvalue weighted by molar-refractivity contribution is 0.407. The zero-order valence-electron chi connectivity index (χ0n) is 14.0. The van der Waals surface area contributed by atoms with Crippen molar-refractivity contribution in [3.05, 3.63) is 5.69 Å². The van der Waals surface area contributed by atoms with Gasteiger partial charge >= 0.3 is 0 Å². The normalized spacial score (nSPS) is 11.6. The fraction of sp³-hybridized carbons (Fsp3) is 0.800. The molecular weight excluding hydrogens is 250 g/mol. The number of anilines is 2. The van der Waals surface area contributed by atoms with E-state index in [4.69, 9.17) is 5.73 Å². The van der Waals surface area contributed by atoms with Gasteiger partial charge in [-0.2, -0.15) is 5.10 Å². The molecule has 0 atom stereocenters. The average Bonchev–Trinajstić information content (AvgIpc) is 2.60. The highest BCUT2D eigenvalue weighted by Gasteiger charge is 2.19. The Morgan fingerprint density at radius 3 is 2.40 bits per heavy atom. The average molecular weight is 281 g/mol. The summed E-state index contributed by atoms with van der Waals surface area (Å²) in [5.74, 6) is 1.67. The Labute approximate surface area is 123 Å². The van der Waals surface area contributed by atoms with Crippen LogP contribution in [0, 0.1) is 5.92 Å². The van der Waals surface area contributed by atoms with Gasteiger partial charge in [-0.1, -0.05) is 27.2 Å². The SMILES string of the molecule is CCCc1nn(C)c(N(CCN(C)C)CC(C)C)c1N. The Morgan fingerprint density at radius 2 is 1.90 bits per heavy atom. The molecule has 0 saturated carbocycles. The van der Waals surface area contributed by atoms with E-state index in [1.165, 1.54) is 0 Å². The molecule has 1 aromatic heterocycles. The molecule has 20 heavy (non-hydrogen) atoms. The first kappa shape index (κ1) is 16.8. The first-order valence-corrected chi connectivity index (χ1v) is 7.57. The molecule has 0 radical (unpaired) electrons. The summed E-state index contributed by atoms with van der Waals surface area (Å²) in [5, 5.41) is 4.59. The number of likely N-dealkylation sites (N-methyl/N-ethyl adjacent to an activating group) is 1. The highest BCUT2D eigenvalue weighted by atomic mass is 15.4. The lowest BCUT2D eigenvalue weighted by atomic mass is 10.2. The summed E-state index contributed by atoms with van der Waals surface area (Å²) in [6.07, 6.45) is 2.02. The molecule has 0 bridgehead atoms. The minimum Gasteiger partial charge on any atom is -0.394 e. The van der Waals surface area contributed by atoms with E-state index in [1.54, 1.807) is 0 Å². The largest absolute Gasteiger partial charge is 0.394 e. The third kappa shape index (κ3) is 4.40. The Balaban J connectivity index is 2.99. The van der Waals surface area contributed by atoms with Crippen molar-refractivity contribution in [1.29, 1.82) is 0 Å². The van der Waals surface area contributed by atoms with Crippen molar-refractivity contribution in [3.63, 3.8) is 0 Å². The molecule has 0 aliphatic carbocycles. The van der Waals surface area contributed by atoms with Crippen molar-refractivity contribution in [2.24, 2.45) is 13.0 Å². The lowest BCUT2D eigenvalue weighted by Gasteiger charge is -2.28. The van der Waals surface area contributed by atoms with Gasteiger partial charge in [-0.15, -0.1) is 0 Å². The van der Waals surface area contributed by atoms with Gasteiger partial charge in [-0.05, 0) is 26.4 Å². The van der Waals surface area contributed by atoms with Crippen LogP contribution in [0.5, 0.6) is 0 Å². The van der Waals surface area contributed by atoms with Crippen LogP contribution in [0.3, 0.4) is 0 Å². The van der Waals surface area contributed by atoms with E-state index in [0.717, 1.165) is 49.7 Å². The fourth-order valence-corrected chi connectivity index (χ4v) is 2.43. The van der Waals surface area contributed by atoms with Crippen LogP contribution in [0.4, 0.5) is 11.5 Å². The first-order valence-electron chi connectivity index (χ1n) is 7.57.